The summed E-state index contributed by atoms with van der Waals surface area (Å²) >= 11 is 5.81. The van der Waals surface area contributed by atoms with E-state index < -0.39 is 24.5 Å². The fourth-order valence-corrected chi connectivity index (χ4v) is 1.70. The number of rotatable bonds is 7. The van der Waals surface area contributed by atoms with Gasteiger partial charge in [0.1, 0.15) is 5.75 Å². The third-order valence-electron chi connectivity index (χ3n) is 2.51. The molecule has 0 fully saturated rings. The summed E-state index contributed by atoms with van der Waals surface area (Å²) in [5.41, 5.74) is 0.766. The lowest BCUT2D eigenvalue weighted by molar-refractivity contribution is -0.150. The Labute approximate surface area is 138 Å². The van der Waals surface area contributed by atoms with Crippen molar-refractivity contribution in [2.24, 2.45) is 0 Å². The van der Waals surface area contributed by atoms with E-state index in [-0.39, 0.29) is 13.2 Å². The van der Waals surface area contributed by atoms with E-state index in [0.29, 0.717) is 10.8 Å². The van der Waals surface area contributed by atoms with E-state index in [1.54, 1.807) is 25.1 Å². The number of ether oxygens (including phenoxy) is 2. The number of nitrogens with one attached hydrogen (secondary N) is 2. The van der Waals surface area contributed by atoms with E-state index in [9.17, 15) is 14.4 Å². The van der Waals surface area contributed by atoms with Crippen LogP contribution < -0.4 is 15.4 Å². The summed E-state index contributed by atoms with van der Waals surface area (Å²) in [7, 11) is 0. The van der Waals surface area contributed by atoms with E-state index in [2.05, 4.69) is 11.9 Å². The van der Waals surface area contributed by atoms with Gasteiger partial charge in [0, 0.05) is 11.6 Å². The van der Waals surface area contributed by atoms with Gasteiger partial charge in [-0.2, -0.15) is 0 Å². The minimum absolute atomic E-state index is 0.215. The number of esters is 1. The number of hydrogen-bond acceptors (Lipinski definition) is 5. The number of benzene rings is 1. The van der Waals surface area contributed by atoms with Gasteiger partial charge in [-0.25, -0.2) is 9.59 Å². The lowest BCUT2D eigenvalue weighted by Crippen LogP contribution is -2.41. The average molecular weight is 341 g/mol. The summed E-state index contributed by atoms with van der Waals surface area (Å²) in [6.07, 6.45) is 1.46. The van der Waals surface area contributed by atoms with E-state index >= 15 is 0 Å². The fourth-order valence-electron chi connectivity index (χ4n) is 1.47. The van der Waals surface area contributed by atoms with Gasteiger partial charge in [0.05, 0.1) is 0 Å². The van der Waals surface area contributed by atoms with Gasteiger partial charge in [-0.05, 0) is 30.7 Å². The Morgan fingerprint density at radius 1 is 1.30 bits per heavy atom. The molecular formula is C15H17ClN2O5. The molecule has 0 aliphatic rings. The topological polar surface area (TPSA) is 93.7 Å². The molecule has 0 saturated heterocycles. The van der Waals surface area contributed by atoms with Crippen molar-refractivity contribution < 1.29 is 23.9 Å². The number of hydrogen-bond donors (Lipinski definition) is 2. The van der Waals surface area contributed by atoms with Crippen LogP contribution in [0.4, 0.5) is 4.79 Å². The van der Waals surface area contributed by atoms with Gasteiger partial charge in [-0.15, -0.1) is 6.58 Å². The van der Waals surface area contributed by atoms with Crippen molar-refractivity contribution >= 4 is 29.5 Å². The van der Waals surface area contributed by atoms with Crippen LogP contribution in [0.2, 0.25) is 5.02 Å². The first-order valence-corrected chi connectivity index (χ1v) is 7.03. The van der Waals surface area contributed by atoms with Crippen molar-refractivity contribution in [3.8, 4) is 5.75 Å². The highest BCUT2D eigenvalue weighted by atomic mass is 35.5. The molecule has 1 rings (SSSR count). The molecule has 0 unspecified atom stereocenters. The van der Waals surface area contributed by atoms with Gasteiger partial charge in [-0.3, -0.25) is 10.1 Å². The van der Waals surface area contributed by atoms with Crippen molar-refractivity contribution in [2.45, 2.75) is 6.92 Å². The average Bonchev–Trinajstić information content (AvgIpc) is 2.50. The van der Waals surface area contributed by atoms with Gasteiger partial charge in [0.15, 0.2) is 13.2 Å². The molecule has 0 aliphatic carbocycles. The van der Waals surface area contributed by atoms with Gasteiger partial charge >= 0.3 is 12.0 Å². The molecule has 1 aromatic rings. The van der Waals surface area contributed by atoms with Gasteiger partial charge < -0.3 is 14.8 Å². The van der Waals surface area contributed by atoms with E-state index in [4.69, 9.17) is 21.1 Å². The van der Waals surface area contributed by atoms with E-state index in [0.717, 1.165) is 5.56 Å². The van der Waals surface area contributed by atoms with Crippen LogP contribution in [0.1, 0.15) is 5.56 Å². The van der Waals surface area contributed by atoms with Gasteiger partial charge in [-0.1, -0.05) is 17.7 Å². The molecule has 124 valence electrons. The van der Waals surface area contributed by atoms with Crippen LogP contribution in [0.3, 0.4) is 0 Å². The molecule has 2 N–H and O–H groups in total. The summed E-state index contributed by atoms with van der Waals surface area (Å²) in [6, 6.07) is 4.25. The molecule has 0 saturated carbocycles. The van der Waals surface area contributed by atoms with Crippen molar-refractivity contribution in [1.29, 1.82) is 0 Å². The van der Waals surface area contributed by atoms with Crippen LogP contribution in [-0.2, 0) is 14.3 Å². The Balaban J connectivity index is 2.30. The number of amides is 3. The molecule has 0 heterocycles. The highest BCUT2D eigenvalue weighted by Gasteiger charge is 2.11. The number of halogens is 1. The third kappa shape index (κ3) is 7.32. The Morgan fingerprint density at radius 3 is 2.70 bits per heavy atom. The Bertz CT molecular complexity index is 604. The molecule has 1 aromatic carbocycles. The Morgan fingerprint density at radius 2 is 2.04 bits per heavy atom. The first-order valence-electron chi connectivity index (χ1n) is 6.65. The second kappa shape index (κ2) is 9.47. The maximum absolute atomic E-state index is 11.5. The molecule has 0 aromatic heterocycles. The Hall–Kier alpha value is -2.54. The van der Waals surface area contributed by atoms with E-state index in [1.807, 2.05) is 5.32 Å². The number of carbonyl (C=O) groups excluding carboxylic acids is 3. The molecule has 0 spiro atoms. The highest BCUT2D eigenvalue weighted by Crippen LogP contribution is 2.21. The third-order valence-corrected chi connectivity index (χ3v) is 2.74. The largest absolute Gasteiger partial charge is 0.482 e. The summed E-state index contributed by atoms with van der Waals surface area (Å²) in [6.45, 7) is 4.46. The quantitative estimate of drug-likeness (QED) is 0.580. The van der Waals surface area contributed by atoms with Crippen molar-refractivity contribution in [3.05, 3.63) is 41.4 Å². The standard InChI is InChI=1S/C15H17ClN2O5/c1-3-6-17-15(21)18-13(19)8-23-14(20)9-22-12-5-4-11(16)7-10(12)2/h3-5,7H,1,6,8-9H2,2H3,(H2,17,18,19,21). The number of carbonyl (C=O) groups is 3. The molecule has 23 heavy (non-hydrogen) atoms. The number of aryl methyl sites for hydroxylation is 1. The molecule has 7 nitrogen and oxygen atoms in total. The lowest BCUT2D eigenvalue weighted by atomic mass is 10.2. The minimum Gasteiger partial charge on any atom is -0.482 e. The van der Waals surface area contributed by atoms with Crippen molar-refractivity contribution in [3.63, 3.8) is 0 Å². The molecule has 0 atom stereocenters. The van der Waals surface area contributed by atoms with Crippen molar-refractivity contribution in [1.82, 2.24) is 10.6 Å². The number of urea groups is 1. The fraction of sp³-hybridized carbons (Fsp3) is 0.267. The van der Waals surface area contributed by atoms with Gasteiger partial charge in [0.25, 0.3) is 5.91 Å². The zero-order valence-electron chi connectivity index (χ0n) is 12.6. The van der Waals surface area contributed by atoms with Crippen molar-refractivity contribution in [2.75, 3.05) is 19.8 Å². The summed E-state index contributed by atoms with van der Waals surface area (Å²) < 4.78 is 9.96. The van der Waals surface area contributed by atoms with Crippen LogP contribution in [0.5, 0.6) is 5.75 Å². The lowest BCUT2D eigenvalue weighted by Gasteiger charge is -2.09. The van der Waals surface area contributed by atoms with E-state index in [1.165, 1.54) is 6.08 Å². The molecule has 8 heteroatoms. The first kappa shape index (κ1) is 18.5. The van der Waals surface area contributed by atoms with Crippen LogP contribution in [-0.4, -0.2) is 37.7 Å². The normalized spacial score (nSPS) is 9.65. The minimum atomic E-state index is -0.748. The molecule has 0 aliphatic heterocycles. The maximum atomic E-state index is 11.5. The monoisotopic (exact) mass is 340 g/mol. The highest BCUT2D eigenvalue weighted by molar-refractivity contribution is 6.30. The predicted molar refractivity (Wildman–Crippen MR) is 84.4 cm³/mol. The van der Waals surface area contributed by atoms with Crippen LogP contribution in [0.15, 0.2) is 30.9 Å². The second-order valence-electron chi connectivity index (χ2n) is 4.41. The second-order valence-corrected chi connectivity index (χ2v) is 4.84. The zero-order chi connectivity index (χ0) is 17.2. The smallest absolute Gasteiger partial charge is 0.344 e. The maximum Gasteiger partial charge on any atom is 0.344 e. The molecule has 0 bridgehead atoms. The molecule has 3 amide bonds. The summed E-state index contributed by atoms with van der Waals surface area (Å²) in [4.78, 5) is 34.0. The van der Waals surface area contributed by atoms with Crippen LogP contribution >= 0.6 is 11.6 Å². The Kier molecular flexibility index (Phi) is 7.62. The summed E-state index contributed by atoms with van der Waals surface area (Å²) in [5, 5.41) is 4.89. The van der Waals surface area contributed by atoms with Crippen LogP contribution in [0, 0.1) is 6.92 Å². The van der Waals surface area contributed by atoms with Gasteiger partial charge in [0.2, 0.25) is 0 Å². The zero-order valence-corrected chi connectivity index (χ0v) is 13.3. The SMILES string of the molecule is C=CCNC(=O)NC(=O)COC(=O)COc1ccc(Cl)cc1C. The number of imide groups is 1. The first-order chi connectivity index (χ1) is 10.9. The molecule has 0 radical (unpaired) electrons. The summed E-state index contributed by atoms with van der Waals surface area (Å²) in [5.74, 6) is -0.997. The molecular weight excluding hydrogens is 324 g/mol. The predicted octanol–water partition coefficient (Wildman–Crippen LogP) is 1.58. The van der Waals surface area contributed by atoms with Crippen LogP contribution in [0.25, 0.3) is 0 Å².